The van der Waals surface area contributed by atoms with E-state index in [-0.39, 0.29) is 77.0 Å². The lowest BCUT2D eigenvalue weighted by molar-refractivity contribution is -0.146. The highest BCUT2D eigenvalue weighted by molar-refractivity contribution is 7.82. The Morgan fingerprint density at radius 2 is 1.37 bits per heavy atom. The van der Waals surface area contributed by atoms with E-state index in [0.717, 1.165) is 35.4 Å². The second-order valence-corrected chi connectivity index (χ2v) is 27.3. The van der Waals surface area contributed by atoms with Crippen LogP contribution in [0, 0.1) is 17.0 Å². The summed E-state index contributed by atoms with van der Waals surface area (Å²) < 4.78 is 48.2. The second-order valence-electron chi connectivity index (χ2n) is 20.9. The molecule has 4 amide bonds. The van der Waals surface area contributed by atoms with Crippen molar-refractivity contribution in [3.63, 3.8) is 0 Å². The van der Waals surface area contributed by atoms with Gasteiger partial charge in [-0.1, -0.05) is 131 Å². The third kappa shape index (κ3) is 19.3. The highest BCUT2D eigenvalue weighted by Crippen LogP contribution is 2.42. The fraction of sp³-hybridized carbons (Fsp3) is 0.404. The summed E-state index contributed by atoms with van der Waals surface area (Å²) in [6.07, 6.45) is -0.953. The summed E-state index contributed by atoms with van der Waals surface area (Å²) in [6.45, 7) is 13.0. The minimum absolute atomic E-state index is 0.0285. The molecule has 1 heterocycles. The van der Waals surface area contributed by atoms with Crippen LogP contribution in [-0.4, -0.2) is 89.2 Å². The van der Waals surface area contributed by atoms with Crippen LogP contribution >= 0.6 is 12.6 Å². The van der Waals surface area contributed by atoms with Gasteiger partial charge in [0.2, 0.25) is 11.8 Å². The molecule has 408 valence electrons. The molecule has 5 rings (SSSR count). The molecule has 0 fully saturated rings. The fourth-order valence-corrected chi connectivity index (χ4v) is 9.33. The molecule has 4 aromatic carbocycles. The summed E-state index contributed by atoms with van der Waals surface area (Å²) in [4.78, 5) is 80.0. The highest BCUT2D eigenvalue weighted by Gasteiger charge is 2.40. The lowest BCUT2D eigenvalue weighted by Gasteiger charge is -2.41. The Bertz CT molecular complexity index is 2720. The van der Waals surface area contributed by atoms with E-state index in [1.165, 1.54) is 0 Å². The lowest BCUT2D eigenvalue weighted by atomic mass is 9.82. The number of esters is 1. The number of alkyl carbamates (subject to hydrolysis) is 2. The van der Waals surface area contributed by atoms with Gasteiger partial charge in [0.15, 0.2) is 4.87 Å². The van der Waals surface area contributed by atoms with Crippen LogP contribution < -0.4 is 16.0 Å². The van der Waals surface area contributed by atoms with Crippen molar-refractivity contribution in [3.05, 3.63) is 155 Å². The van der Waals surface area contributed by atoms with E-state index in [9.17, 15) is 38.3 Å². The standard InChI is InChI=1S/C57H71F2N5O10SSi/c1-56(2,3)51(48-34-43(45-35-44(58)25-26-46(45)59)37-63(48)36-40-18-10-7-11-19-40)64(31-17-30-60-54(70)72-32-33-76(4,5)6)49(65)24-16-29-57(75,53(68)69)62-52(67)47(61-55(71)74-39-42-22-14-9-15-23-42)27-28-50(66)73-38-41-20-12-8-13-21-41/h7-15,18-23,25-26,34-35,37,47,51,75H,16-17,24,27-33,36,38-39H2,1-6H3,(H,60,70)(H,61,71)(H,62,67)(H,68,69)/t47-,51-,57?/m0/s1. The lowest BCUT2D eigenvalue weighted by Crippen LogP contribution is -2.56. The predicted octanol–water partition coefficient (Wildman–Crippen LogP) is 10.7. The van der Waals surface area contributed by atoms with Crippen LogP contribution in [0.15, 0.2) is 121 Å². The molecule has 15 nitrogen and oxygen atoms in total. The third-order valence-corrected chi connectivity index (χ3v) is 14.6. The first-order valence-electron chi connectivity index (χ1n) is 25.4. The number of ether oxygens (including phenoxy) is 3. The smallest absolute Gasteiger partial charge is 0.408 e. The summed E-state index contributed by atoms with van der Waals surface area (Å²) in [7, 11) is -1.47. The monoisotopic (exact) mass is 1080 g/mol. The number of hydrogen-bond donors (Lipinski definition) is 5. The van der Waals surface area contributed by atoms with Crippen molar-refractivity contribution in [2.24, 2.45) is 5.41 Å². The van der Waals surface area contributed by atoms with E-state index >= 15 is 4.39 Å². The zero-order valence-corrected chi connectivity index (χ0v) is 46.0. The average Bonchev–Trinajstić information content (AvgIpc) is 3.77. The van der Waals surface area contributed by atoms with Gasteiger partial charge in [0, 0.05) is 63.6 Å². The fourth-order valence-electron chi connectivity index (χ4n) is 8.35. The molecule has 0 aliphatic heterocycles. The van der Waals surface area contributed by atoms with E-state index < -0.39 is 78.0 Å². The Morgan fingerprint density at radius 1 is 0.763 bits per heavy atom. The summed E-state index contributed by atoms with van der Waals surface area (Å²) in [5, 5.41) is 18.2. The Balaban J connectivity index is 1.39. The van der Waals surface area contributed by atoms with E-state index in [2.05, 4.69) is 48.2 Å². The molecule has 19 heteroatoms. The first-order chi connectivity index (χ1) is 36.0. The minimum atomic E-state index is -2.28. The Morgan fingerprint density at radius 3 is 1.96 bits per heavy atom. The number of carboxylic acids is 1. The topological polar surface area (TPSA) is 195 Å². The number of hydrogen-bond acceptors (Lipinski definition) is 10. The van der Waals surface area contributed by atoms with Crippen molar-refractivity contribution in [2.45, 2.75) is 122 Å². The molecule has 3 atom stereocenters. The SMILES string of the molecule is CC(C)(C)[C@H](c1cc(-c2cc(F)ccc2F)cn1Cc1ccccc1)N(CCCNC(=O)OCC[Si](C)(C)C)C(=O)CCCC(S)(NC(=O)[C@H](CCC(=O)OCc1ccccc1)NC(=O)OCc1ccccc1)C(=O)O. The maximum Gasteiger partial charge on any atom is 0.408 e. The van der Waals surface area contributed by atoms with Crippen molar-refractivity contribution in [1.29, 1.82) is 0 Å². The summed E-state index contributed by atoms with van der Waals surface area (Å²) in [5.74, 6) is -4.89. The van der Waals surface area contributed by atoms with E-state index in [1.54, 1.807) is 71.8 Å². The number of amides is 4. The number of halogens is 2. The van der Waals surface area contributed by atoms with Gasteiger partial charge in [0.25, 0.3) is 0 Å². The van der Waals surface area contributed by atoms with Crippen LogP contribution in [0.2, 0.25) is 25.7 Å². The van der Waals surface area contributed by atoms with Gasteiger partial charge in [-0.05, 0) is 78.1 Å². The van der Waals surface area contributed by atoms with E-state index in [1.807, 2.05) is 61.7 Å². The van der Waals surface area contributed by atoms with Crippen molar-refractivity contribution >= 4 is 56.6 Å². The quantitative estimate of drug-likeness (QED) is 0.00843. The second kappa shape index (κ2) is 28.2. The van der Waals surface area contributed by atoms with Gasteiger partial charge < -0.3 is 44.7 Å². The minimum Gasteiger partial charge on any atom is -0.479 e. The van der Waals surface area contributed by atoms with Gasteiger partial charge in [-0.3, -0.25) is 14.4 Å². The summed E-state index contributed by atoms with van der Waals surface area (Å²) in [6, 6.07) is 30.8. The molecule has 0 saturated heterocycles. The van der Waals surface area contributed by atoms with Gasteiger partial charge in [0.1, 0.15) is 30.9 Å². The number of thiol groups is 1. The van der Waals surface area contributed by atoms with Gasteiger partial charge >= 0.3 is 24.1 Å². The molecule has 4 N–H and O–H groups in total. The zero-order valence-electron chi connectivity index (χ0n) is 44.1. The first kappa shape index (κ1) is 59.9. The Labute approximate surface area is 450 Å². The van der Waals surface area contributed by atoms with Crippen molar-refractivity contribution < 1.29 is 56.9 Å². The van der Waals surface area contributed by atoms with Crippen LogP contribution in [0.1, 0.15) is 87.7 Å². The molecule has 0 spiro atoms. The number of aliphatic carboxylic acids is 1. The Hall–Kier alpha value is -6.99. The average molecular weight is 1080 g/mol. The number of carbonyl (C=O) groups excluding carboxylic acids is 5. The normalized spacial score (nSPS) is 13.1. The molecule has 0 aliphatic carbocycles. The number of rotatable bonds is 27. The summed E-state index contributed by atoms with van der Waals surface area (Å²) in [5.41, 5.74) is 2.60. The van der Waals surface area contributed by atoms with E-state index in [0.29, 0.717) is 23.4 Å². The van der Waals surface area contributed by atoms with Crippen molar-refractivity contribution in [2.75, 3.05) is 19.7 Å². The summed E-state index contributed by atoms with van der Waals surface area (Å²) >= 11 is 4.45. The molecule has 1 aromatic heterocycles. The number of carboxylic acid groups (broad SMARTS) is 1. The molecule has 0 aliphatic rings. The predicted molar refractivity (Wildman–Crippen MR) is 292 cm³/mol. The van der Waals surface area contributed by atoms with Gasteiger partial charge in [-0.2, -0.15) is 0 Å². The van der Waals surface area contributed by atoms with Gasteiger partial charge in [0.05, 0.1) is 12.6 Å². The van der Waals surface area contributed by atoms with E-state index in [4.69, 9.17) is 14.2 Å². The molecular weight excluding hydrogens is 1010 g/mol. The zero-order chi connectivity index (χ0) is 55.5. The largest absolute Gasteiger partial charge is 0.479 e. The first-order valence-corrected chi connectivity index (χ1v) is 29.5. The van der Waals surface area contributed by atoms with Gasteiger partial charge in [-0.15, -0.1) is 12.6 Å². The number of benzene rings is 4. The number of nitrogens with one attached hydrogen (secondary N) is 3. The molecular formula is C57H71F2N5O10SSi. The molecule has 5 aromatic rings. The number of carbonyl (C=O) groups is 6. The molecule has 76 heavy (non-hydrogen) atoms. The molecule has 0 radical (unpaired) electrons. The maximum absolute atomic E-state index is 15.5. The molecule has 0 saturated carbocycles. The van der Waals surface area contributed by atoms with Crippen molar-refractivity contribution in [3.8, 4) is 11.1 Å². The van der Waals surface area contributed by atoms with Crippen molar-refractivity contribution in [1.82, 2.24) is 25.4 Å². The van der Waals surface area contributed by atoms with Crippen LogP contribution in [0.3, 0.4) is 0 Å². The number of nitrogens with zero attached hydrogens (tertiary/aromatic N) is 2. The third-order valence-electron chi connectivity index (χ3n) is 12.3. The highest BCUT2D eigenvalue weighted by atomic mass is 32.1. The van der Waals surface area contributed by atoms with Crippen LogP contribution in [0.25, 0.3) is 11.1 Å². The number of aromatic nitrogens is 1. The Kier molecular flexibility index (Phi) is 22.2. The van der Waals surface area contributed by atoms with Gasteiger partial charge in [-0.25, -0.2) is 23.2 Å². The molecule has 1 unspecified atom stereocenters. The van der Waals surface area contributed by atoms with Crippen LogP contribution in [-0.2, 0) is 53.1 Å². The van der Waals surface area contributed by atoms with Crippen LogP contribution in [0.4, 0.5) is 18.4 Å². The van der Waals surface area contributed by atoms with Crippen LogP contribution in [0.5, 0.6) is 0 Å². The molecule has 0 bridgehead atoms. The maximum atomic E-state index is 15.5.